The molecule has 128 valence electrons. The Morgan fingerprint density at radius 1 is 1.25 bits per heavy atom. The quantitative estimate of drug-likeness (QED) is 0.621. The zero-order chi connectivity index (χ0) is 17.7. The highest BCUT2D eigenvalue weighted by molar-refractivity contribution is 5.44. The molecule has 2 aromatic carbocycles. The average molecular weight is 330 g/mol. The number of hydrogen-bond donors (Lipinski definition) is 1. The van der Waals surface area contributed by atoms with Gasteiger partial charge in [-0.05, 0) is 50.1 Å². The van der Waals surface area contributed by atoms with E-state index in [0.717, 1.165) is 23.3 Å². The van der Waals surface area contributed by atoms with Gasteiger partial charge in [-0.3, -0.25) is 10.1 Å². The van der Waals surface area contributed by atoms with Crippen LogP contribution in [0.25, 0.3) is 0 Å². The number of nitrogens with two attached hydrogens (primary N) is 1. The summed E-state index contributed by atoms with van der Waals surface area (Å²) in [5, 5.41) is 10.9. The van der Waals surface area contributed by atoms with Crippen LogP contribution in [0.5, 0.6) is 11.5 Å². The minimum Gasteiger partial charge on any atom is -0.496 e. The van der Waals surface area contributed by atoms with Crippen molar-refractivity contribution in [3.05, 3.63) is 63.2 Å². The van der Waals surface area contributed by atoms with Crippen LogP contribution < -0.4 is 15.2 Å². The summed E-state index contributed by atoms with van der Waals surface area (Å²) in [6.07, 6.45) is 0.771. The highest BCUT2D eigenvalue weighted by Gasteiger charge is 2.12. The van der Waals surface area contributed by atoms with Gasteiger partial charge < -0.3 is 15.2 Å². The Bertz CT molecular complexity index is 729. The van der Waals surface area contributed by atoms with Crippen LogP contribution in [0, 0.1) is 17.0 Å². The first-order valence-corrected chi connectivity index (χ1v) is 7.70. The Morgan fingerprint density at radius 2 is 2.00 bits per heavy atom. The Labute approximate surface area is 141 Å². The molecule has 0 fully saturated rings. The summed E-state index contributed by atoms with van der Waals surface area (Å²) < 4.78 is 11.1. The Morgan fingerprint density at radius 3 is 2.58 bits per heavy atom. The number of methoxy groups -OCH3 is 1. The third kappa shape index (κ3) is 4.45. The van der Waals surface area contributed by atoms with Crippen LogP contribution >= 0.6 is 0 Å². The van der Waals surface area contributed by atoms with E-state index in [4.69, 9.17) is 15.2 Å². The molecule has 2 rings (SSSR count). The molecule has 6 nitrogen and oxygen atoms in total. The van der Waals surface area contributed by atoms with Gasteiger partial charge in [0.2, 0.25) is 0 Å². The van der Waals surface area contributed by atoms with Crippen molar-refractivity contribution in [3.63, 3.8) is 0 Å². The van der Waals surface area contributed by atoms with E-state index in [0.29, 0.717) is 17.9 Å². The number of benzene rings is 2. The molecule has 0 radical (unpaired) electrons. The first-order chi connectivity index (χ1) is 11.4. The van der Waals surface area contributed by atoms with Crippen LogP contribution in [0.2, 0.25) is 0 Å². The lowest BCUT2D eigenvalue weighted by Gasteiger charge is -2.13. The number of nitro benzene ring substituents is 1. The summed E-state index contributed by atoms with van der Waals surface area (Å²) in [6, 6.07) is 10.7. The fourth-order valence-electron chi connectivity index (χ4n) is 2.53. The average Bonchev–Trinajstić information content (AvgIpc) is 2.52. The van der Waals surface area contributed by atoms with Crippen LogP contribution in [0.4, 0.5) is 5.69 Å². The van der Waals surface area contributed by atoms with Crippen molar-refractivity contribution in [2.24, 2.45) is 5.73 Å². The van der Waals surface area contributed by atoms with Gasteiger partial charge in [0.25, 0.3) is 5.69 Å². The second kappa shape index (κ2) is 7.79. The third-order valence-corrected chi connectivity index (χ3v) is 3.66. The van der Waals surface area contributed by atoms with E-state index in [1.165, 1.54) is 6.07 Å². The van der Waals surface area contributed by atoms with Gasteiger partial charge in [0, 0.05) is 23.2 Å². The van der Waals surface area contributed by atoms with E-state index >= 15 is 0 Å². The van der Waals surface area contributed by atoms with Crippen LogP contribution in [0.3, 0.4) is 0 Å². The van der Waals surface area contributed by atoms with Gasteiger partial charge in [0.05, 0.1) is 12.0 Å². The van der Waals surface area contributed by atoms with Gasteiger partial charge in [-0.25, -0.2) is 0 Å². The van der Waals surface area contributed by atoms with Gasteiger partial charge in [0.1, 0.15) is 18.1 Å². The highest BCUT2D eigenvalue weighted by Crippen LogP contribution is 2.26. The number of aryl methyl sites for hydroxylation is 1. The maximum atomic E-state index is 10.9. The Kier molecular flexibility index (Phi) is 5.76. The maximum absolute atomic E-state index is 10.9. The van der Waals surface area contributed by atoms with Crippen molar-refractivity contribution in [3.8, 4) is 11.5 Å². The number of nitrogens with zero attached hydrogens (tertiary/aromatic N) is 1. The van der Waals surface area contributed by atoms with Crippen molar-refractivity contribution in [1.82, 2.24) is 0 Å². The predicted octanol–water partition coefficient (Wildman–Crippen LogP) is 3.38. The van der Waals surface area contributed by atoms with E-state index < -0.39 is 4.92 Å². The molecule has 0 amide bonds. The summed E-state index contributed by atoms with van der Waals surface area (Å²) in [5.74, 6) is 1.32. The minimum atomic E-state index is -0.403. The number of rotatable bonds is 7. The van der Waals surface area contributed by atoms with E-state index in [1.807, 2.05) is 25.1 Å². The molecular weight excluding hydrogens is 308 g/mol. The molecule has 0 saturated heterocycles. The molecule has 6 heteroatoms. The fourth-order valence-corrected chi connectivity index (χ4v) is 2.53. The van der Waals surface area contributed by atoms with Crippen LogP contribution in [-0.2, 0) is 13.0 Å². The van der Waals surface area contributed by atoms with E-state index in [1.54, 1.807) is 26.2 Å². The molecule has 1 unspecified atom stereocenters. The summed E-state index contributed by atoms with van der Waals surface area (Å²) >= 11 is 0. The second-order valence-corrected chi connectivity index (χ2v) is 5.82. The lowest BCUT2D eigenvalue weighted by molar-refractivity contribution is -0.385. The van der Waals surface area contributed by atoms with Gasteiger partial charge in [0.15, 0.2) is 0 Å². The van der Waals surface area contributed by atoms with Crippen LogP contribution in [-0.4, -0.2) is 18.1 Å². The molecule has 0 aromatic heterocycles. The normalized spacial score (nSPS) is 11.8. The number of ether oxygens (including phenoxy) is 2. The molecule has 0 aliphatic carbocycles. The standard InChI is InChI=1S/C18H22N2O4/c1-12-8-16(5-6-17(12)20(21)22)24-11-15-10-14(9-13(2)19)4-7-18(15)23-3/h4-8,10,13H,9,11,19H2,1-3H3. The maximum Gasteiger partial charge on any atom is 0.272 e. The van der Waals surface area contributed by atoms with Crippen molar-refractivity contribution < 1.29 is 14.4 Å². The van der Waals surface area contributed by atoms with E-state index in [2.05, 4.69) is 0 Å². The summed E-state index contributed by atoms with van der Waals surface area (Å²) in [4.78, 5) is 10.5. The van der Waals surface area contributed by atoms with Gasteiger partial charge in [-0.2, -0.15) is 0 Å². The second-order valence-electron chi connectivity index (χ2n) is 5.82. The van der Waals surface area contributed by atoms with Gasteiger partial charge >= 0.3 is 0 Å². The van der Waals surface area contributed by atoms with Crippen molar-refractivity contribution in [2.75, 3.05) is 7.11 Å². The summed E-state index contributed by atoms with van der Waals surface area (Å²) in [5.41, 5.74) is 8.52. The molecule has 0 bridgehead atoms. The fraction of sp³-hybridized carbons (Fsp3) is 0.333. The lowest BCUT2D eigenvalue weighted by atomic mass is 10.0. The monoisotopic (exact) mass is 330 g/mol. The van der Waals surface area contributed by atoms with E-state index in [9.17, 15) is 10.1 Å². The largest absolute Gasteiger partial charge is 0.496 e. The molecule has 0 aliphatic rings. The SMILES string of the molecule is COc1ccc(CC(C)N)cc1COc1ccc([N+](=O)[O-])c(C)c1. The van der Waals surface area contributed by atoms with Crippen molar-refractivity contribution in [2.45, 2.75) is 32.9 Å². The third-order valence-electron chi connectivity index (χ3n) is 3.66. The molecule has 0 saturated carbocycles. The smallest absolute Gasteiger partial charge is 0.272 e. The molecule has 0 heterocycles. The molecule has 24 heavy (non-hydrogen) atoms. The summed E-state index contributed by atoms with van der Waals surface area (Å²) in [6.45, 7) is 3.96. The molecule has 2 aromatic rings. The predicted molar refractivity (Wildman–Crippen MR) is 92.5 cm³/mol. The zero-order valence-electron chi connectivity index (χ0n) is 14.1. The molecule has 0 aliphatic heterocycles. The zero-order valence-corrected chi connectivity index (χ0v) is 14.1. The van der Waals surface area contributed by atoms with Gasteiger partial charge in [-0.1, -0.05) is 6.07 Å². The van der Waals surface area contributed by atoms with Crippen LogP contribution in [0.15, 0.2) is 36.4 Å². The molecular formula is C18H22N2O4. The number of hydrogen-bond acceptors (Lipinski definition) is 5. The lowest BCUT2D eigenvalue weighted by Crippen LogP contribution is -2.17. The highest BCUT2D eigenvalue weighted by atomic mass is 16.6. The van der Waals surface area contributed by atoms with Gasteiger partial charge in [-0.15, -0.1) is 0 Å². The Hall–Kier alpha value is -2.60. The summed E-state index contributed by atoms with van der Waals surface area (Å²) in [7, 11) is 1.61. The van der Waals surface area contributed by atoms with E-state index in [-0.39, 0.29) is 11.7 Å². The minimum absolute atomic E-state index is 0.0736. The van der Waals surface area contributed by atoms with Crippen molar-refractivity contribution in [1.29, 1.82) is 0 Å². The van der Waals surface area contributed by atoms with Crippen molar-refractivity contribution >= 4 is 5.69 Å². The molecule has 1 atom stereocenters. The topological polar surface area (TPSA) is 87.6 Å². The first kappa shape index (κ1) is 17.7. The Balaban J connectivity index is 2.15. The first-order valence-electron chi connectivity index (χ1n) is 7.70. The molecule has 0 spiro atoms. The molecule has 2 N–H and O–H groups in total. The number of nitro groups is 1. The van der Waals surface area contributed by atoms with Crippen LogP contribution in [0.1, 0.15) is 23.6 Å².